The van der Waals surface area contributed by atoms with Gasteiger partial charge in [-0.3, -0.25) is 0 Å². The summed E-state index contributed by atoms with van der Waals surface area (Å²) in [4.78, 5) is 0. The molecule has 108 valence electrons. The van der Waals surface area contributed by atoms with Crippen LogP contribution in [0.2, 0.25) is 5.02 Å². The normalized spacial score (nSPS) is 12.6. The first kappa shape index (κ1) is 15.3. The molecule has 0 N–H and O–H groups in total. The Morgan fingerprint density at radius 2 is 2.30 bits per heavy atom. The molecule has 1 aromatic carbocycles. The van der Waals surface area contributed by atoms with Crippen molar-refractivity contribution < 1.29 is 9.13 Å². The average molecular weight is 316 g/mol. The molecule has 1 atom stereocenters. The minimum Gasteiger partial charge on any atom is -0.383 e. The fraction of sp³-hybridized carbons (Fsp3) is 0.385. The van der Waals surface area contributed by atoms with Crippen molar-refractivity contribution in [1.29, 1.82) is 0 Å². The van der Waals surface area contributed by atoms with Gasteiger partial charge in [0, 0.05) is 18.9 Å². The summed E-state index contributed by atoms with van der Waals surface area (Å²) < 4.78 is 20.1. The molecule has 0 saturated carbocycles. The van der Waals surface area contributed by atoms with Crippen LogP contribution in [0.15, 0.2) is 29.7 Å². The molecule has 2 rings (SSSR count). The van der Waals surface area contributed by atoms with Gasteiger partial charge in [-0.05, 0) is 24.6 Å². The molecule has 0 amide bonds. The lowest BCUT2D eigenvalue weighted by Crippen LogP contribution is -2.05. The molecular formula is C13H15ClFN3OS. The van der Waals surface area contributed by atoms with E-state index in [1.54, 1.807) is 37.3 Å². The van der Waals surface area contributed by atoms with Gasteiger partial charge in [-0.1, -0.05) is 29.4 Å². The lowest BCUT2D eigenvalue weighted by Gasteiger charge is -2.12. The van der Waals surface area contributed by atoms with Gasteiger partial charge in [0.1, 0.15) is 12.1 Å². The van der Waals surface area contributed by atoms with Gasteiger partial charge in [0.25, 0.3) is 0 Å². The molecule has 2 aromatic rings. The average Bonchev–Trinajstić information content (AvgIpc) is 2.86. The van der Waals surface area contributed by atoms with Crippen molar-refractivity contribution in [1.82, 2.24) is 14.8 Å². The van der Waals surface area contributed by atoms with Gasteiger partial charge >= 0.3 is 0 Å². The number of methoxy groups -OCH3 is 1. The van der Waals surface area contributed by atoms with E-state index in [0.29, 0.717) is 13.2 Å². The molecule has 0 radical (unpaired) electrons. The van der Waals surface area contributed by atoms with E-state index in [2.05, 4.69) is 10.2 Å². The predicted octanol–water partition coefficient (Wildman–Crippen LogP) is 3.57. The van der Waals surface area contributed by atoms with Crippen LogP contribution in [0.4, 0.5) is 4.39 Å². The first-order valence-electron chi connectivity index (χ1n) is 6.10. The maximum Gasteiger partial charge on any atom is 0.191 e. The lowest BCUT2D eigenvalue weighted by molar-refractivity contribution is 0.184. The third kappa shape index (κ3) is 3.71. The Labute approximate surface area is 126 Å². The summed E-state index contributed by atoms with van der Waals surface area (Å²) in [5, 5.41) is 9.02. The largest absolute Gasteiger partial charge is 0.383 e. The summed E-state index contributed by atoms with van der Waals surface area (Å²) in [5.41, 5.74) is 0.947. The Morgan fingerprint density at radius 3 is 3.00 bits per heavy atom. The van der Waals surface area contributed by atoms with E-state index in [9.17, 15) is 4.39 Å². The van der Waals surface area contributed by atoms with E-state index >= 15 is 0 Å². The molecule has 1 heterocycles. The molecule has 0 fully saturated rings. The lowest BCUT2D eigenvalue weighted by atomic mass is 10.2. The highest BCUT2D eigenvalue weighted by Crippen LogP contribution is 2.34. The van der Waals surface area contributed by atoms with Gasteiger partial charge in [-0.15, -0.1) is 10.2 Å². The van der Waals surface area contributed by atoms with Crippen molar-refractivity contribution in [3.8, 4) is 0 Å². The smallest absolute Gasteiger partial charge is 0.191 e. The number of benzene rings is 1. The van der Waals surface area contributed by atoms with E-state index in [1.807, 2.05) is 11.5 Å². The Hall–Kier alpha value is -1.11. The van der Waals surface area contributed by atoms with Crippen molar-refractivity contribution in [2.45, 2.75) is 23.9 Å². The number of thioether (sulfide) groups is 1. The second kappa shape index (κ2) is 7.06. The minimum absolute atomic E-state index is 0.0959. The predicted molar refractivity (Wildman–Crippen MR) is 77.6 cm³/mol. The summed E-state index contributed by atoms with van der Waals surface area (Å²) in [6, 6.07) is 4.75. The van der Waals surface area contributed by atoms with Crippen LogP contribution in [0.25, 0.3) is 0 Å². The molecular weight excluding hydrogens is 301 g/mol. The summed E-state index contributed by atoms with van der Waals surface area (Å²) in [7, 11) is 1.65. The highest BCUT2D eigenvalue weighted by molar-refractivity contribution is 7.99. The second-order valence-corrected chi connectivity index (χ2v) is 5.95. The topological polar surface area (TPSA) is 39.9 Å². The van der Waals surface area contributed by atoms with Crippen molar-refractivity contribution in [3.05, 3.63) is 40.9 Å². The highest BCUT2D eigenvalue weighted by atomic mass is 35.5. The van der Waals surface area contributed by atoms with E-state index in [1.165, 1.54) is 6.07 Å². The SMILES string of the molecule is COCCn1cnnc1SC(C)c1ccc(F)c(Cl)c1. The molecule has 7 heteroatoms. The number of halogens is 2. The number of aromatic nitrogens is 3. The van der Waals surface area contributed by atoms with Crippen LogP contribution in [0.5, 0.6) is 0 Å². The van der Waals surface area contributed by atoms with E-state index in [-0.39, 0.29) is 10.3 Å². The van der Waals surface area contributed by atoms with Gasteiger partial charge in [-0.2, -0.15) is 0 Å². The Morgan fingerprint density at radius 1 is 1.50 bits per heavy atom. The van der Waals surface area contributed by atoms with Crippen molar-refractivity contribution in [3.63, 3.8) is 0 Å². The zero-order chi connectivity index (χ0) is 14.5. The van der Waals surface area contributed by atoms with Crippen molar-refractivity contribution in [2.24, 2.45) is 0 Å². The summed E-state index contributed by atoms with van der Waals surface area (Å²) >= 11 is 7.35. The minimum atomic E-state index is -0.407. The van der Waals surface area contributed by atoms with Crippen molar-refractivity contribution in [2.75, 3.05) is 13.7 Å². The Kier molecular flexibility index (Phi) is 5.39. The highest BCUT2D eigenvalue weighted by Gasteiger charge is 2.14. The second-order valence-electron chi connectivity index (χ2n) is 4.23. The van der Waals surface area contributed by atoms with Crippen LogP contribution in [0, 0.1) is 5.82 Å². The zero-order valence-corrected chi connectivity index (χ0v) is 12.8. The van der Waals surface area contributed by atoms with Gasteiger partial charge in [0.2, 0.25) is 0 Å². The third-order valence-electron chi connectivity index (χ3n) is 2.81. The van der Waals surface area contributed by atoms with Gasteiger partial charge in [0.15, 0.2) is 5.16 Å². The van der Waals surface area contributed by atoms with Crippen LogP contribution < -0.4 is 0 Å². The monoisotopic (exact) mass is 315 g/mol. The number of hydrogen-bond donors (Lipinski definition) is 0. The van der Waals surface area contributed by atoms with Crippen LogP contribution in [0.1, 0.15) is 17.7 Å². The van der Waals surface area contributed by atoms with E-state index in [0.717, 1.165) is 10.7 Å². The van der Waals surface area contributed by atoms with Crippen LogP contribution in [-0.4, -0.2) is 28.5 Å². The van der Waals surface area contributed by atoms with Gasteiger partial charge < -0.3 is 9.30 Å². The number of ether oxygens (including phenoxy) is 1. The maximum absolute atomic E-state index is 13.2. The number of rotatable bonds is 6. The quantitative estimate of drug-likeness (QED) is 0.764. The fourth-order valence-corrected chi connectivity index (χ4v) is 2.83. The molecule has 0 spiro atoms. The molecule has 0 aliphatic rings. The molecule has 20 heavy (non-hydrogen) atoms. The molecule has 0 bridgehead atoms. The molecule has 1 aromatic heterocycles. The summed E-state index contributed by atoms with van der Waals surface area (Å²) in [6.45, 7) is 3.31. The summed E-state index contributed by atoms with van der Waals surface area (Å²) in [5.74, 6) is -0.407. The maximum atomic E-state index is 13.2. The fourth-order valence-electron chi connectivity index (χ4n) is 1.67. The van der Waals surface area contributed by atoms with Crippen LogP contribution in [0.3, 0.4) is 0 Å². The summed E-state index contributed by atoms with van der Waals surface area (Å²) in [6.07, 6.45) is 1.67. The number of nitrogens with zero attached hydrogens (tertiary/aromatic N) is 3. The molecule has 0 aliphatic heterocycles. The Balaban J connectivity index is 2.09. The molecule has 0 aliphatic carbocycles. The molecule has 1 unspecified atom stereocenters. The molecule has 4 nitrogen and oxygen atoms in total. The first-order valence-corrected chi connectivity index (χ1v) is 7.36. The van der Waals surface area contributed by atoms with Crippen LogP contribution in [-0.2, 0) is 11.3 Å². The molecule has 0 saturated heterocycles. The van der Waals surface area contributed by atoms with E-state index in [4.69, 9.17) is 16.3 Å². The third-order valence-corrected chi connectivity index (χ3v) is 4.25. The van der Waals surface area contributed by atoms with Crippen molar-refractivity contribution >= 4 is 23.4 Å². The Bertz CT molecular complexity index is 578. The zero-order valence-electron chi connectivity index (χ0n) is 11.2. The van der Waals surface area contributed by atoms with Gasteiger partial charge in [0.05, 0.1) is 11.6 Å². The van der Waals surface area contributed by atoms with E-state index < -0.39 is 5.82 Å². The number of hydrogen-bond acceptors (Lipinski definition) is 4. The van der Waals surface area contributed by atoms with Gasteiger partial charge in [-0.25, -0.2) is 4.39 Å². The van der Waals surface area contributed by atoms with Crippen LogP contribution >= 0.6 is 23.4 Å². The standard InChI is InChI=1S/C13H15ClFN3OS/c1-9(10-3-4-12(15)11(14)7-10)20-13-17-16-8-18(13)5-6-19-2/h3-4,7-9H,5-6H2,1-2H3. The first-order chi connectivity index (χ1) is 9.61.